The number of nitrogens with zero attached hydrogens (tertiary/aromatic N) is 1. The van der Waals surface area contributed by atoms with Crippen LogP contribution in [0.5, 0.6) is 0 Å². The van der Waals surface area contributed by atoms with E-state index in [1.165, 1.54) is 13.2 Å². The summed E-state index contributed by atoms with van der Waals surface area (Å²) >= 11 is 0. The molecule has 0 aliphatic carbocycles. The molecule has 2 aromatic carbocycles. The van der Waals surface area contributed by atoms with Crippen LogP contribution >= 0.6 is 0 Å². The van der Waals surface area contributed by atoms with Gasteiger partial charge in [-0.3, -0.25) is 5.32 Å². The Morgan fingerprint density at radius 2 is 1.85 bits per heavy atom. The Balaban J connectivity index is 1.95. The topological polar surface area (TPSA) is 74.8 Å². The van der Waals surface area contributed by atoms with Gasteiger partial charge in [0.15, 0.2) is 5.96 Å². The number of aliphatic imine (C=N–C) groups is 1. The Labute approximate surface area is 152 Å². The van der Waals surface area contributed by atoms with Crippen LogP contribution in [0.2, 0.25) is 0 Å². The standard InChI is InChI=1S/C19H23FN4O2/c1-3-21-18(23-13-15-6-4-5-7-17(15)20)22-12-14-8-10-16(11-9-14)24-19(25)26-2/h4-11H,3,12-13H2,1-2H3,(H,24,25)(H2,21,22,23). The number of carbonyl (C=O) groups excluding carboxylic acids is 1. The minimum Gasteiger partial charge on any atom is -0.453 e. The number of rotatable bonds is 6. The van der Waals surface area contributed by atoms with Crippen molar-refractivity contribution in [3.63, 3.8) is 0 Å². The molecule has 2 aromatic rings. The van der Waals surface area contributed by atoms with Gasteiger partial charge in [-0.05, 0) is 30.7 Å². The van der Waals surface area contributed by atoms with Gasteiger partial charge in [-0.25, -0.2) is 14.2 Å². The van der Waals surface area contributed by atoms with Crippen molar-refractivity contribution in [3.8, 4) is 0 Å². The number of benzene rings is 2. The van der Waals surface area contributed by atoms with Gasteiger partial charge in [0.05, 0.1) is 13.7 Å². The maximum Gasteiger partial charge on any atom is 0.411 e. The van der Waals surface area contributed by atoms with Crippen molar-refractivity contribution in [2.45, 2.75) is 20.0 Å². The first kappa shape index (κ1) is 19.2. The summed E-state index contributed by atoms with van der Waals surface area (Å²) in [4.78, 5) is 15.7. The Bertz CT molecular complexity index is 747. The molecule has 0 bridgehead atoms. The Morgan fingerprint density at radius 1 is 1.12 bits per heavy atom. The van der Waals surface area contributed by atoms with E-state index in [4.69, 9.17) is 0 Å². The predicted molar refractivity (Wildman–Crippen MR) is 101 cm³/mol. The van der Waals surface area contributed by atoms with E-state index in [9.17, 15) is 9.18 Å². The van der Waals surface area contributed by atoms with Crippen molar-refractivity contribution in [1.82, 2.24) is 10.6 Å². The number of amides is 1. The van der Waals surface area contributed by atoms with Crippen molar-refractivity contribution in [1.29, 1.82) is 0 Å². The van der Waals surface area contributed by atoms with E-state index in [-0.39, 0.29) is 5.82 Å². The van der Waals surface area contributed by atoms with Crippen molar-refractivity contribution < 1.29 is 13.9 Å². The molecule has 3 N–H and O–H groups in total. The quantitative estimate of drug-likeness (QED) is 0.547. The first-order chi connectivity index (χ1) is 12.6. The van der Waals surface area contributed by atoms with E-state index >= 15 is 0 Å². The summed E-state index contributed by atoms with van der Waals surface area (Å²) in [6, 6.07) is 13.9. The number of nitrogens with one attached hydrogen (secondary N) is 3. The van der Waals surface area contributed by atoms with E-state index < -0.39 is 6.09 Å². The van der Waals surface area contributed by atoms with Crippen LogP contribution < -0.4 is 16.0 Å². The number of anilines is 1. The second-order valence-electron chi connectivity index (χ2n) is 5.45. The van der Waals surface area contributed by atoms with E-state index in [0.717, 1.165) is 5.56 Å². The molecule has 6 nitrogen and oxygen atoms in total. The molecule has 0 aliphatic heterocycles. The number of carbonyl (C=O) groups is 1. The van der Waals surface area contributed by atoms with Crippen LogP contribution in [-0.4, -0.2) is 25.7 Å². The van der Waals surface area contributed by atoms with Crippen LogP contribution in [0.3, 0.4) is 0 Å². The second-order valence-corrected chi connectivity index (χ2v) is 5.45. The molecule has 26 heavy (non-hydrogen) atoms. The van der Waals surface area contributed by atoms with Crippen molar-refractivity contribution in [2.24, 2.45) is 4.99 Å². The highest BCUT2D eigenvalue weighted by Crippen LogP contribution is 2.11. The zero-order chi connectivity index (χ0) is 18.8. The molecule has 0 heterocycles. The minimum atomic E-state index is -0.512. The summed E-state index contributed by atoms with van der Waals surface area (Å²) in [5.41, 5.74) is 2.20. The molecule has 7 heteroatoms. The van der Waals surface area contributed by atoms with Gasteiger partial charge >= 0.3 is 6.09 Å². The number of methoxy groups -OCH3 is 1. The number of ether oxygens (including phenoxy) is 1. The van der Waals surface area contributed by atoms with Crippen LogP contribution in [0, 0.1) is 5.82 Å². The molecule has 0 spiro atoms. The molecule has 0 saturated heterocycles. The molecule has 0 aromatic heterocycles. The molecule has 0 atom stereocenters. The zero-order valence-corrected chi connectivity index (χ0v) is 14.9. The van der Waals surface area contributed by atoms with Crippen LogP contribution in [0.25, 0.3) is 0 Å². The smallest absolute Gasteiger partial charge is 0.411 e. The van der Waals surface area contributed by atoms with E-state index in [2.05, 4.69) is 25.7 Å². The van der Waals surface area contributed by atoms with E-state index in [0.29, 0.717) is 36.8 Å². The van der Waals surface area contributed by atoms with Gasteiger partial charge in [0, 0.05) is 24.3 Å². The number of guanidine groups is 1. The maximum absolute atomic E-state index is 13.7. The second kappa shape index (κ2) is 10.0. The summed E-state index contributed by atoms with van der Waals surface area (Å²) in [5.74, 6) is 0.358. The molecule has 0 unspecified atom stereocenters. The Hall–Kier alpha value is -3.09. The van der Waals surface area contributed by atoms with Crippen molar-refractivity contribution >= 4 is 17.7 Å². The summed E-state index contributed by atoms with van der Waals surface area (Å²) < 4.78 is 18.2. The lowest BCUT2D eigenvalue weighted by Gasteiger charge is -2.12. The van der Waals surface area contributed by atoms with Crippen molar-refractivity contribution in [3.05, 3.63) is 65.5 Å². The number of halogens is 1. The van der Waals surface area contributed by atoms with Crippen LogP contribution in [0.15, 0.2) is 53.5 Å². The first-order valence-electron chi connectivity index (χ1n) is 8.32. The molecule has 0 saturated carbocycles. The normalized spacial score (nSPS) is 11.0. The summed E-state index contributed by atoms with van der Waals surface area (Å²) in [6.07, 6.45) is -0.512. The first-order valence-corrected chi connectivity index (χ1v) is 8.32. The van der Waals surface area contributed by atoms with E-state index in [1.54, 1.807) is 30.3 Å². The van der Waals surface area contributed by atoms with Gasteiger partial charge in [0.1, 0.15) is 5.82 Å². The summed E-state index contributed by atoms with van der Waals surface area (Å²) in [7, 11) is 1.31. The summed E-state index contributed by atoms with van der Waals surface area (Å²) in [5, 5.41) is 8.84. The van der Waals surface area contributed by atoms with Crippen LogP contribution in [0.4, 0.5) is 14.9 Å². The van der Waals surface area contributed by atoms with Gasteiger partial charge in [-0.2, -0.15) is 0 Å². The lowest BCUT2D eigenvalue weighted by Crippen LogP contribution is -2.37. The third-order valence-electron chi connectivity index (χ3n) is 3.55. The van der Waals surface area contributed by atoms with Crippen LogP contribution in [-0.2, 0) is 17.8 Å². The minimum absolute atomic E-state index is 0.246. The maximum atomic E-state index is 13.7. The van der Waals surface area contributed by atoms with E-state index in [1.807, 2.05) is 19.1 Å². The SMILES string of the molecule is CCNC(=NCc1ccc(NC(=O)OC)cc1)NCc1ccccc1F. The average Bonchev–Trinajstić information content (AvgIpc) is 2.66. The van der Waals surface area contributed by atoms with Gasteiger partial charge in [-0.1, -0.05) is 30.3 Å². The highest BCUT2D eigenvalue weighted by atomic mass is 19.1. The van der Waals surface area contributed by atoms with Gasteiger partial charge < -0.3 is 15.4 Å². The average molecular weight is 358 g/mol. The fourth-order valence-electron chi connectivity index (χ4n) is 2.20. The molecule has 138 valence electrons. The van der Waals surface area contributed by atoms with Gasteiger partial charge in [0.25, 0.3) is 0 Å². The predicted octanol–water partition coefficient (Wildman–Crippen LogP) is 3.26. The molecular formula is C19H23FN4O2. The molecule has 0 fully saturated rings. The molecule has 0 aliphatic rings. The molecule has 2 rings (SSSR count). The molecule has 0 radical (unpaired) electrons. The van der Waals surface area contributed by atoms with Crippen LogP contribution in [0.1, 0.15) is 18.1 Å². The lowest BCUT2D eigenvalue weighted by atomic mass is 10.2. The monoisotopic (exact) mass is 358 g/mol. The number of hydrogen-bond donors (Lipinski definition) is 3. The number of hydrogen-bond acceptors (Lipinski definition) is 3. The Kier molecular flexibility index (Phi) is 7.42. The fraction of sp³-hybridized carbons (Fsp3) is 0.263. The largest absolute Gasteiger partial charge is 0.453 e. The molecular weight excluding hydrogens is 335 g/mol. The zero-order valence-electron chi connectivity index (χ0n) is 14.9. The third kappa shape index (κ3) is 6.08. The fourth-order valence-corrected chi connectivity index (χ4v) is 2.20. The van der Waals surface area contributed by atoms with Crippen molar-refractivity contribution in [2.75, 3.05) is 19.0 Å². The third-order valence-corrected chi connectivity index (χ3v) is 3.55. The summed E-state index contributed by atoms with van der Waals surface area (Å²) in [6.45, 7) is 3.46. The van der Waals surface area contributed by atoms with Gasteiger partial charge in [0.2, 0.25) is 0 Å². The molecule has 1 amide bonds. The highest BCUT2D eigenvalue weighted by molar-refractivity contribution is 5.84. The Morgan fingerprint density at radius 3 is 2.50 bits per heavy atom. The van der Waals surface area contributed by atoms with Gasteiger partial charge in [-0.15, -0.1) is 0 Å². The lowest BCUT2D eigenvalue weighted by molar-refractivity contribution is 0.187. The highest BCUT2D eigenvalue weighted by Gasteiger charge is 2.03.